The summed E-state index contributed by atoms with van der Waals surface area (Å²) in [5, 5.41) is 0. The Bertz CT molecular complexity index is 446. The van der Waals surface area contributed by atoms with Crippen molar-refractivity contribution in [2.24, 2.45) is 5.92 Å². The monoisotopic (exact) mass is 325 g/mol. The molecule has 1 fully saturated rings. The molecule has 0 bridgehead atoms. The number of hydrogen-bond donors (Lipinski definition) is 0. The molecule has 0 spiro atoms. The second-order valence-corrected chi connectivity index (χ2v) is 5.94. The van der Waals surface area contributed by atoms with Gasteiger partial charge in [0.1, 0.15) is 0 Å². The van der Waals surface area contributed by atoms with Crippen LogP contribution in [0.5, 0.6) is 0 Å². The third-order valence-electron chi connectivity index (χ3n) is 3.77. The fourth-order valence-corrected chi connectivity index (χ4v) is 2.84. The first-order valence-electron chi connectivity index (χ1n) is 6.67. The summed E-state index contributed by atoms with van der Waals surface area (Å²) in [5.41, 5.74) is 1.84. The fourth-order valence-electron chi connectivity index (χ4n) is 2.38. The van der Waals surface area contributed by atoms with Crippen molar-refractivity contribution in [2.75, 3.05) is 25.2 Å². The minimum atomic E-state index is 0.518. The van der Waals surface area contributed by atoms with E-state index >= 15 is 0 Å². The minimum absolute atomic E-state index is 0.518. The number of benzene rings is 1. The van der Waals surface area contributed by atoms with Gasteiger partial charge in [-0.15, -0.1) is 0 Å². The van der Waals surface area contributed by atoms with E-state index in [1.54, 1.807) is 7.11 Å². The lowest BCUT2D eigenvalue weighted by molar-refractivity contribution is 0.112. The van der Waals surface area contributed by atoms with Crippen LogP contribution in [0.2, 0.25) is 0 Å². The molecule has 2 rings (SSSR count). The Morgan fingerprint density at radius 1 is 1.53 bits per heavy atom. The van der Waals surface area contributed by atoms with Crippen LogP contribution in [0.4, 0.5) is 5.69 Å². The molecule has 0 amide bonds. The predicted octanol–water partition coefficient (Wildman–Crippen LogP) is 3.51. The zero-order valence-electron chi connectivity index (χ0n) is 11.4. The summed E-state index contributed by atoms with van der Waals surface area (Å²) < 4.78 is 6.06. The molecule has 0 N–H and O–H groups in total. The molecule has 104 valence electrons. The van der Waals surface area contributed by atoms with E-state index in [1.807, 2.05) is 18.2 Å². The third-order valence-corrected chi connectivity index (χ3v) is 4.46. The van der Waals surface area contributed by atoms with Gasteiger partial charge in [0.2, 0.25) is 0 Å². The zero-order valence-corrected chi connectivity index (χ0v) is 13.0. The van der Waals surface area contributed by atoms with Crippen LogP contribution in [0.1, 0.15) is 30.1 Å². The van der Waals surface area contributed by atoms with E-state index in [4.69, 9.17) is 4.74 Å². The summed E-state index contributed by atoms with van der Waals surface area (Å²) in [6.07, 6.45) is 3.51. The molecule has 0 aromatic heterocycles. The quantitative estimate of drug-likeness (QED) is 0.718. The molecule has 0 aliphatic heterocycles. The van der Waals surface area contributed by atoms with Crippen molar-refractivity contribution in [1.29, 1.82) is 0 Å². The number of nitrogens with zero attached hydrogens (tertiary/aromatic N) is 1. The normalized spacial score (nSPS) is 16.2. The molecule has 19 heavy (non-hydrogen) atoms. The molecule has 4 heteroatoms. The Morgan fingerprint density at radius 3 is 2.79 bits per heavy atom. The highest BCUT2D eigenvalue weighted by Crippen LogP contribution is 2.37. The Kier molecular flexibility index (Phi) is 4.99. The number of ether oxygens (including phenoxy) is 1. The minimum Gasteiger partial charge on any atom is -0.383 e. The predicted molar refractivity (Wildman–Crippen MR) is 80.9 cm³/mol. The number of hydrogen-bond acceptors (Lipinski definition) is 3. The van der Waals surface area contributed by atoms with Crippen molar-refractivity contribution in [1.82, 2.24) is 0 Å². The number of carbonyl (C=O) groups excluding carboxylic acids is 1. The van der Waals surface area contributed by atoms with Crippen molar-refractivity contribution in [2.45, 2.75) is 25.8 Å². The average molecular weight is 326 g/mol. The Hall–Kier alpha value is -0.870. The number of rotatable bonds is 7. The summed E-state index contributed by atoms with van der Waals surface area (Å²) in [6, 6.07) is 6.43. The van der Waals surface area contributed by atoms with Gasteiger partial charge in [0, 0.05) is 35.4 Å². The molecular weight excluding hydrogens is 306 g/mol. The highest BCUT2D eigenvalue weighted by atomic mass is 79.9. The average Bonchev–Trinajstić information content (AvgIpc) is 3.23. The van der Waals surface area contributed by atoms with E-state index in [1.165, 1.54) is 12.8 Å². The number of methoxy groups -OCH3 is 1. The lowest BCUT2D eigenvalue weighted by atomic mass is 10.1. The standard InChI is InChI=1S/C15H20BrNO2/c1-11(12-3-4-12)17(7-8-19-2)14-6-5-13(10-18)15(16)9-14/h5-6,9-12H,3-4,7-8H2,1-2H3. The van der Waals surface area contributed by atoms with Gasteiger partial charge in [0.05, 0.1) is 6.61 Å². The Morgan fingerprint density at radius 2 is 2.26 bits per heavy atom. The van der Waals surface area contributed by atoms with E-state index in [0.717, 1.165) is 28.9 Å². The second-order valence-electron chi connectivity index (χ2n) is 5.09. The van der Waals surface area contributed by atoms with Crippen molar-refractivity contribution in [3.63, 3.8) is 0 Å². The lowest BCUT2D eigenvalue weighted by Gasteiger charge is -2.31. The van der Waals surface area contributed by atoms with Crippen LogP contribution in [-0.4, -0.2) is 32.6 Å². The summed E-state index contributed by atoms with van der Waals surface area (Å²) in [5.74, 6) is 0.793. The van der Waals surface area contributed by atoms with Gasteiger partial charge >= 0.3 is 0 Å². The van der Waals surface area contributed by atoms with E-state index in [-0.39, 0.29) is 0 Å². The largest absolute Gasteiger partial charge is 0.383 e. The molecule has 0 saturated heterocycles. The Labute approximate surface area is 123 Å². The SMILES string of the molecule is COCCN(c1ccc(C=O)c(Br)c1)C(C)C1CC1. The van der Waals surface area contributed by atoms with Crippen LogP contribution in [0.3, 0.4) is 0 Å². The van der Waals surface area contributed by atoms with Gasteiger partial charge in [-0.25, -0.2) is 0 Å². The van der Waals surface area contributed by atoms with Gasteiger partial charge in [-0.05, 0) is 59.8 Å². The topological polar surface area (TPSA) is 29.5 Å². The molecular formula is C15H20BrNO2. The molecule has 1 saturated carbocycles. The number of halogens is 1. The maximum Gasteiger partial charge on any atom is 0.151 e. The summed E-state index contributed by atoms with van der Waals surface area (Å²) in [6.45, 7) is 3.86. The molecule has 0 heterocycles. The van der Waals surface area contributed by atoms with Crippen molar-refractivity contribution in [3.05, 3.63) is 28.2 Å². The molecule has 0 radical (unpaired) electrons. The first-order chi connectivity index (χ1) is 9.17. The van der Waals surface area contributed by atoms with E-state index in [9.17, 15) is 4.79 Å². The van der Waals surface area contributed by atoms with Gasteiger partial charge in [-0.3, -0.25) is 4.79 Å². The fraction of sp³-hybridized carbons (Fsp3) is 0.533. The van der Waals surface area contributed by atoms with Gasteiger partial charge in [-0.1, -0.05) is 0 Å². The highest BCUT2D eigenvalue weighted by molar-refractivity contribution is 9.10. The van der Waals surface area contributed by atoms with Crippen LogP contribution in [0.25, 0.3) is 0 Å². The van der Waals surface area contributed by atoms with Gasteiger partial charge in [-0.2, -0.15) is 0 Å². The van der Waals surface area contributed by atoms with Gasteiger partial charge in [0.25, 0.3) is 0 Å². The zero-order chi connectivity index (χ0) is 13.8. The van der Waals surface area contributed by atoms with E-state index in [0.29, 0.717) is 18.2 Å². The maximum absolute atomic E-state index is 10.9. The summed E-state index contributed by atoms with van der Waals surface area (Å²) in [7, 11) is 1.73. The Balaban J connectivity index is 2.20. The number of anilines is 1. The first kappa shape index (κ1) is 14.5. The van der Waals surface area contributed by atoms with Crippen LogP contribution < -0.4 is 4.90 Å². The van der Waals surface area contributed by atoms with Gasteiger partial charge in [0.15, 0.2) is 6.29 Å². The van der Waals surface area contributed by atoms with Crippen LogP contribution in [-0.2, 0) is 4.74 Å². The molecule has 3 nitrogen and oxygen atoms in total. The number of carbonyl (C=O) groups is 1. The summed E-state index contributed by atoms with van der Waals surface area (Å²) in [4.78, 5) is 13.2. The maximum atomic E-state index is 10.9. The molecule has 1 aliphatic rings. The highest BCUT2D eigenvalue weighted by Gasteiger charge is 2.32. The van der Waals surface area contributed by atoms with E-state index in [2.05, 4.69) is 27.8 Å². The van der Waals surface area contributed by atoms with E-state index < -0.39 is 0 Å². The summed E-state index contributed by atoms with van der Waals surface area (Å²) >= 11 is 3.46. The molecule has 1 aromatic carbocycles. The number of aldehydes is 1. The molecule has 1 aromatic rings. The third kappa shape index (κ3) is 3.57. The first-order valence-corrected chi connectivity index (χ1v) is 7.47. The van der Waals surface area contributed by atoms with Crippen molar-refractivity contribution >= 4 is 27.9 Å². The van der Waals surface area contributed by atoms with Crippen LogP contribution in [0.15, 0.2) is 22.7 Å². The smallest absolute Gasteiger partial charge is 0.151 e. The van der Waals surface area contributed by atoms with Crippen LogP contribution >= 0.6 is 15.9 Å². The molecule has 1 unspecified atom stereocenters. The van der Waals surface area contributed by atoms with Crippen LogP contribution in [0, 0.1) is 5.92 Å². The van der Waals surface area contributed by atoms with Crippen molar-refractivity contribution in [3.8, 4) is 0 Å². The van der Waals surface area contributed by atoms with Gasteiger partial charge < -0.3 is 9.64 Å². The lowest BCUT2D eigenvalue weighted by Crippen LogP contribution is -2.37. The second kappa shape index (κ2) is 6.53. The van der Waals surface area contributed by atoms with Crippen molar-refractivity contribution < 1.29 is 9.53 Å². The molecule has 1 atom stereocenters. The molecule has 1 aliphatic carbocycles.